The Morgan fingerprint density at radius 2 is 2.16 bits per heavy atom. The summed E-state index contributed by atoms with van der Waals surface area (Å²) in [5.74, 6) is -1.48. The maximum absolute atomic E-state index is 10.1. The maximum Gasteiger partial charge on any atom is 0.293 e. The minimum absolute atomic E-state index is 0.0673. The molecule has 0 radical (unpaired) electrons. The van der Waals surface area contributed by atoms with Crippen LogP contribution in [0.25, 0.3) is 0 Å². The van der Waals surface area contributed by atoms with Crippen LogP contribution >= 0.6 is 15.9 Å². The van der Waals surface area contributed by atoms with E-state index in [1.165, 1.54) is 0 Å². The number of aliphatic imine (C=N–C) groups is 1. The van der Waals surface area contributed by atoms with Crippen LogP contribution < -0.4 is 10.5 Å². The molecule has 0 amide bonds. The van der Waals surface area contributed by atoms with E-state index in [9.17, 15) is 10.5 Å². The highest BCUT2D eigenvalue weighted by Gasteiger charge is 2.94. The Morgan fingerprint density at radius 3 is 2.72 bits per heavy atom. The molecule has 7 nitrogen and oxygen atoms in total. The van der Waals surface area contributed by atoms with Crippen LogP contribution in [0.5, 0.6) is 5.75 Å². The van der Waals surface area contributed by atoms with E-state index in [2.05, 4.69) is 33.1 Å². The zero-order chi connectivity index (χ0) is 18.0. The first-order valence-corrected chi connectivity index (χ1v) is 8.55. The third kappa shape index (κ3) is 1.63. The van der Waals surface area contributed by atoms with Gasteiger partial charge in [0.25, 0.3) is 5.91 Å². The molecule has 1 saturated carbocycles. The average molecular weight is 403 g/mol. The lowest BCUT2D eigenvalue weighted by Crippen LogP contribution is -2.39. The van der Waals surface area contributed by atoms with Crippen molar-refractivity contribution in [1.82, 2.24) is 0 Å². The third-order valence-electron chi connectivity index (χ3n) is 5.30. The first-order chi connectivity index (χ1) is 11.9. The summed E-state index contributed by atoms with van der Waals surface area (Å²) >= 11 is 3.43. The molecule has 1 spiro atoms. The van der Waals surface area contributed by atoms with Crippen LogP contribution in [0.15, 0.2) is 27.7 Å². The van der Waals surface area contributed by atoms with Gasteiger partial charge in [-0.15, -0.1) is 0 Å². The first-order valence-electron chi connectivity index (χ1n) is 7.76. The van der Waals surface area contributed by atoms with Crippen LogP contribution in [-0.2, 0) is 9.47 Å². The smallest absolute Gasteiger partial charge is 0.293 e. The minimum Gasteiger partial charge on any atom is -0.496 e. The molecule has 2 heterocycles. The number of amidine groups is 1. The van der Waals surface area contributed by atoms with Crippen molar-refractivity contribution in [2.45, 2.75) is 24.9 Å². The van der Waals surface area contributed by atoms with Gasteiger partial charge < -0.3 is 19.9 Å². The molecule has 1 aromatic carbocycles. The largest absolute Gasteiger partial charge is 0.496 e. The van der Waals surface area contributed by atoms with Crippen LogP contribution in [0, 0.1) is 33.5 Å². The lowest BCUT2D eigenvalue weighted by atomic mass is 9.93. The highest BCUT2D eigenvalue weighted by molar-refractivity contribution is 9.10. The molecule has 3 aliphatic rings. The lowest BCUT2D eigenvalue weighted by molar-refractivity contribution is -0.193. The summed E-state index contributed by atoms with van der Waals surface area (Å²) in [4.78, 5) is 4.29. The monoisotopic (exact) mass is 402 g/mol. The number of nitrogens with zero attached hydrogens (tertiary/aromatic N) is 3. The molecule has 25 heavy (non-hydrogen) atoms. The molecule has 4 rings (SSSR count). The SMILES string of the molecule is COc1ccc(Br)cc1[C@H]1[C@@]2(C#N)[C@]3(N=C(N)[C@@]12C#N)OC[C@@H](C)O3. The molecule has 128 valence electrons. The van der Waals surface area contributed by atoms with E-state index in [0.717, 1.165) is 4.47 Å². The van der Waals surface area contributed by atoms with Gasteiger partial charge in [-0.1, -0.05) is 15.9 Å². The molecule has 1 aliphatic carbocycles. The van der Waals surface area contributed by atoms with Gasteiger partial charge in [0.1, 0.15) is 17.0 Å². The Hall–Kier alpha value is -2.13. The summed E-state index contributed by atoms with van der Waals surface area (Å²) in [7, 11) is 1.54. The van der Waals surface area contributed by atoms with Crippen molar-refractivity contribution in [3.05, 3.63) is 28.2 Å². The standard InChI is InChI=1S/C17H15BrN4O3/c1-9-6-24-17(25-9)16(8-20)13(15(16,7-19)14(21)22-17)11-5-10(18)3-4-12(11)23-2/h3-5,9,13H,6H2,1-2H3,(H2,21,22)/t9-,13-,15-,16-,17+/m1/s1. The van der Waals surface area contributed by atoms with Crippen LogP contribution in [-0.4, -0.2) is 31.6 Å². The van der Waals surface area contributed by atoms with E-state index in [4.69, 9.17) is 19.9 Å². The number of methoxy groups -OCH3 is 1. The zero-order valence-electron chi connectivity index (χ0n) is 13.6. The lowest BCUT2D eigenvalue weighted by Gasteiger charge is -2.26. The predicted molar refractivity (Wildman–Crippen MR) is 90.4 cm³/mol. The van der Waals surface area contributed by atoms with Gasteiger partial charge in [0.2, 0.25) is 0 Å². The number of hydrogen-bond acceptors (Lipinski definition) is 7. The van der Waals surface area contributed by atoms with E-state index in [1.54, 1.807) is 13.2 Å². The van der Waals surface area contributed by atoms with Crippen molar-refractivity contribution >= 4 is 21.8 Å². The Labute approximate surface area is 153 Å². The van der Waals surface area contributed by atoms with E-state index in [0.29, 0.717) is 11.3 Å². The summed E-state index contributed by atoms with van der Waals surface area (Å²) in [6.45, 7) is 2.11. The van der Waals surface area contributed by atoms with E-state index >= 15 is 0 Å². The highest BCUT2D eigenvalue weighted by Crippen LogP contribution is 2.83. The van der Waals surface area contributed by atoms with Crippen molar-refractivity contribution in [2.75, 3.05) is 13.7 Å². The highest BCUT2D eigenvalue weighted by atomic mass is 79.9. The van der Waals surface area contributed by atoms with Gasteiger partial charge in [-0.25, -0.2) is 4.99 Å². The Kier molecular flexibility index (Phi) is 3.24. The van der Waals surface area contributed by atoms with Gasteiger partial charge in [-0.2, -0.15) is 10.5 Å². The molecule has 2 fully saturated rings. The van der Waals surface area contributed by atoms with Gasteiger partial charge in [-0.3, -0.25) is 0 Å². The number of benzene rings is 1. The van der Waals surface area contributed by atoms with Crippen LogP contribution in [0.1, 0.15) is 18.4 Å². The summed E-state index contributed by atoms with van der Waals surface area (Å²) in [6, 6.07) is 9.95. The van der Waals surface area contributed by atoms with Crippen molar-refractivity contribution in [1.29, 1.82) is 10.5 Å². The van der Waals surface area contributed by atoms with E-state index in [-0.39, 0.29) is 18.5 Å². The van der Waals surface area contributed by atoms with Crippen molar-refractivity contribution < 1.29 is 14.2 Å². The first kappa shape index (κ1) is 16.3. The van der Waals surface area contributed by atoms with Crippen molar-refractivity contribution in [3.8, 4) is 17.9 Å². The second kappa shape index (κ2) is 4.95. The van der Waals surface area contributed by atoms with Gasteiger partial charge in [-0.05, 0) is 25.1 Å². The number of halogens is 1. The summed E-state index contributed by atoms with van der Waals surface area (Å²) in [5, 5.41) is 20.1. The van der Waals surface area contributed by atoms with Gasteiger partial charge >= 0.3 is 0 Å². The third-order valence-corrected chi connectivity index (χ3v) is 5.80. The maximum atomic E-state index is 10.1. The molecule has 1 aromatic rings. The summed E-state index contributed by atoms with van der Waals surface area (Å²) in [6.07, 6.45) is -0.248. The number of nitrogens with two attached hydrogens (primary N) is 1. The molecule has 1 saturated heterocycles. The minimum atomic E-state index is -1.56. The molecule has 0 aromatic heterocycles. The number of nitriles is 2. The second-order valence-corrected chi connectivity index (χ2v) is 7.39. The van der Waals surface area contributed by atoms with Crippen LogP contribution in [0.2, 0.25) is 0 Å². The number of ether oxygens (including phenoxy) is 3. The van der Waals surface area contributed by atoms with Gasteiger partial charge in [0, 0.05) is 16.0 Å². The van der Waals surface area contributed by atoms with Crippen LogP contribution in [0.3, 0.4) is 0 Å². The molecule has 0 bridgehead atoms. The Morgan fingerprint density at radius 1 is 1.40 bits per heavy atom. The Balaban J connectivity index is 1.95. The Bertz CT molecular complexity index is 891. The molecule has 8 heteroatoms. The van der Waals surface area contributed by atoms with Crippen molar-refractivity contribution in [2.24, 2.45) is 21.6 Å². The van der Waals surface area contributed by atoms with E-state index in [1.807, 2.05) is 19.1 Å². The molecular formula is C17H15BrN4O3. The van der Waals surface area contributed by atoms with Gasteiger partial charge in [0.05, 0.1) is 32.0 Å². The van der Waals surface area contributed by atoms with Crippen LogP contribution in [0.4, 0.5) is 0 Å². The molecular weight excluding hydrogens is 388 g/mol. The number of hydrogen-bond donors (Lipinski definition) is 1. The molecule has 0 unspecified atom stereocenters. The number of fused-ring (bicyclic) bond motifs is 2. The topological polar surface area (TPSA) is 114 Å². The fraction of sp³-hybridized carbons (Fsp3) is 0.471. The number of rotatable bonds is 2. The quantitative estimate of drug-likeness (QED) is 0.809. The average Bonchev–Trinajstić information content (AvgIpc) is 2.98. The zero-order valence-corrected chi connectivity index (χ0v) is 15.2. The predicted octanol–water partition coefficient (Wildman–Crippen LogP) is 2.03. The molecule has 2 N–H and O–H groups in total. The normalized spacial score (nSPS) is 40.9. The van der Waals surface area contributed by atoms with Gasteiger partial charge in [0.15, 0.2) is 5.41 Å². The molecule has 5 atom stereocenters. The fourth-order valence-corrected chi connectivity index (χ4v) is 4.64. The summed E-state index contributed by atoms with van der Waals surface area (Å²) < 4.78 is 18.0. The van der Waals surface area contributed by atoms with Crippen molar-refractivity contribution in [3.63, 3.8) is 0 Å². The summed E-state index contributed by atoms with van der Waals surface area (Å²) in [5.41, 5.74) is 4.19. The molecule has 2 aliphatic heterocycles. The second-order valence-electron chi connectivity index (χ2n) is 6.48. The fourth-order valence-electron chi connectivity index (χ4n) is 4.26. The van der Waals surface area contributed by atoms with E-state index < -0.39 is 22.7 Å².